The molecule has 2 aromatic rings. The lowest BCUT2D eigenvalue weighted by atomic mass is 10.2. The van der Waals surface area contributed by atoms with Crippen LogP contribution in [0.4, 0.5) is 0 Å². The molecule has 0 bridgehead atoms. The molecule has 2 rings (SSSR count). The molecule has 0 aliphatic carbocycles. The number of aryl methyl sites for hydroxylation is 2. The molecular formula is C11H15N3O. The van der Waals surface area contributed by atoms with Crippen molar-refractivity contribution in [2.75, 3.05) is 6.61 Å². The molecule has 4 heteroatoms. The summed E-state index contributed by atoms with van der Waals surface area (Å²) in [5.41, 5.74) is 3.22. The zero-order chi connectivity index (χ0) is 10.7. The van der Waals surface area contributed by atoms with E-state index in [0.29, 0.717) is 0 Å². The summed E-state index contributed by atoms with van der Waals surface area (Å²) < 4.78 is 1.81. The molecule has 0 atom stereocenters. The number of aromatic nitrogens is 3. The van der Waals surface area contributed by atoms with Gasteiger partial charge in [0.2, 0.25) is 0 Å². The van der Waals surface area contributed by atoms with E-state index in [4.69, 9.17) is 5.11 Å². The van der Waals surface area contributed by atoms with E-state index in [1.165, 1.54) is 5.56 Å². The third-order valence-electron chi connectivity index (χ3n) is 2.49. The van der Waals surface area contributed by atoms with Crippen LogP contribution in [0.3, 0.4) is 0 Å². The monoisotopic (exact) mass is 205 g/mol. The quantitative estimate of drug-likeness (QED) is 0.816. The molecule has 0 aromatic carbocycles. The van der Waals surface area contributed by atoms with Gasteiger partial charge in [-0.25, -0.2) is 9.50 Å². The number of aliphatic hydroxyl groups excluding tert-OH is 1. The molecule has 1 N–H and O–H groups in total. The van der Waals surface area contributed by atoms with Gasteiger partial charge in [0.25, 0.3) is 0 Å². The minimum Gasteiger partial charge on any atom is -0.396 e. The second-order valence-electron chi connectivity index (χ2n) is 3.58. The summed E-state index contributed by atoms with van der Waals surface area (Å²) in [6.07, 6.45) is 8.28. The lowest BCUT2D eigenvalue weighted by Gasteiger charge is -2.00. The van der Waals surface area contributed by atoms with Gasteiger partial charge < -0.3 is 5.11 Å². The Morgan fingerprint density at radius 1 is 1.40 bits per heavy atom. The van der Waals surface area contributed by atoms with Crippen molar-refractivity contribution >= 4 is 5.65 Å². The Labute approximate surface area is 88.6 Å². The van der Waals surface area contributed by atoms with Crippen molar-refractivity contribution in [2.24, 2.45) is 0 Å². The summed E-state index contributed by atoms with van der Waals surface area (Å²) in [4.78, 5) is 4.38. The Morgan fingerprint density at radius 3 is 3.00 bits per heavy atom. The Balaban J connectivity index is 2.31. The van der Waals surface area contributed by atoms with Gasteiger partial charge in [0.1, 0.15) is 0 Å². The van der Waals surface area contributed by atoms with E-state index in [1.807, 2.05) is 23.1 Å². The van der Waals surface area contributed by atoms with Gasteiger partial charge in [0, 0.05) is 24.6 Å². The molecule has 0 amide bonds. The molecule has 0 aliphatic heterocycles. The van der Waals surface area contributed by atoms with Crippen LogP contribution in [-0.4, -0.2) is 26.3 Å². The minimum atomic E-state index is 0.220. The molecule has 0 aliphatic rings. The highest BCUT2D eigenvalue weighted by Crippen LogP contribution is 2.10. The van der Waals surface area contributed by atoms with E-state index >= 15 is 0 Å². The first-order valence-corrected chi connectivity index (χ1v) is 5.27. The number of aliphatic hydroxyl groups is 1. The average molecular weight is 205 g/mol. The van der Waals surface area contributed by atoms with Crippen LogP contribution in [0.2, 0.25) is 0 Å². The van der Waals surface area contributed by atoms with Crippen molar-refractivity contribution in [2.45, 2.75) is 26.2 Å². The fourth-order valence-corrected chi connectivity index (χ4v) is 1.62. The van der Waals surface area contributed by atoms with Crippen LogP contribution < -0.4 is 0 Å². The first-order valence-electron chi connectivity index (χ1n) is 5.27. The van der Waals surface area contributed by atoms with Crippen LogP contribution in [0, 0.1) is 0 Å². The van der Waals surface area contributed by atoms with Crippen molar-refractivity contribution in [3.05, 3.63) is 29.7 Å². The molecule has 0 saturated carbocycles. The first kappa shape index (κ1) is 10.1. The normalized spacial score (nSPS) is 11.1. The van der Waals surface area contributed by atoms with E-state index in [9.17, 15) is 0 Å². The second-order valence-corrected chi connectivity index (χ2v) is 3.58. The molecule has 0 unspecified atom stereocenters. The molecule has 2 heterocycles. The number of fused-ring (bicyclic) bond motifs is 1. The largest absolute Gasteiger partial charge is 0.396 e. The third-order valence-corrected chi connectivity index (χ3v) is 2.49. The molecule has 2 aromatic heterocycles. The van der Waals surface area contributed by atoms with Gasteiger partial charge >= 0.3 is 0 Å². The van der Waals surface area contributed by atoms with Gasteiger partial charge in [-0.3, -0.25) is 0 Å². The van der Waals surface area contributed by atoms with Gasteiger partial charge in [-0.2, -0.15) is 5.10 Å². The van der Waals surface area contributed by atoms with Crippen LogP contribution in [0.5, 0.6) is 0 Å². The van der Waals surface area contributed by atoms with E-state index in [2.05, 4.69) is 17.0 Å². The lowest BCUT2D eigenvalue weighted by Crippen LogP contribution is -1.96. The van der Waals surface area contributed by atoms with Gasteiger partial charge in [-0.15, -0.1) is 0 Å². The van der Waals surface area contributed by atoms with E-state index in [-0.39, 0.29) is 6.61 Å². The van der Waals surface area contributed by atoms with Gasteiger partial charge in [0.05, 0.1) is 6.20 Å². The van der Waals surface area contributed by atoms with Gasteiger partial charge in [-0.05, 0) is 24.8 Å². The first-order chi connectivity index (χ1) is 7.35. The number of nitrogens with zero attached hydrogens (tertiary/aromatic N) is 3. The number of rotatable bonds is 4. The van der Waals surface area contributed by atoms with Crippen LogP contribution >= 0.6 is 0 Å². The summed E-state index contributed by atoms with van der Waals surface area (Å²) >= 11 is 0. The summed E-state index contributed by atoms with van der Waals surface area (Å²) in [5.74, 6) is 0. The standard InChI is InChI=1S/C11H15N3O/c1-2-10-7-13-14-8-9(4-3-5-15)6-12-11(10)14/h6-8,15H,2-5H2,1H3. The Bertz CT molecular complexity index is 450. The SMILES string of the molecule is CCc1cnn2cc(CCCO)cnc12. The predicted octanol–water partition coefficient (Wildman–Crippen LogP) is 1.22. The third kappa shape index (κ3) is 1.99. The highest BCUT2D eigenvalue weighted by molar-refractivity contribution is 5.46. The van der Waals surface area contributed by atoms with Crippen LogP contribution in [0.15, 0.2) is 18.6 Å². The van der Waals surface area contributed by atoms with Gasteiger partial charge in [0.15, 0.2) is 5.65 Å². The van der Waals surface area contributed by atoms with Crippen molar-refractivity contribution in [1.82, 2.24) is 14.6 Å². The smallest absolute Gasteiger partial charge is 0.158 e. The van der Waals surface area contributed by atoms with Gasteiger partial charge in [-0.1, -0.05) is 6.92 Å². The molecule has 80 valence electrons. The van der Waals surface area contributed by atoms with E-state index < -0.39 is 0 Å². The second kappa shape index (κ2) is 4.40. The molecule has 0 fully saturated rings. The minimum absolute atomic E-state index is 0.220. The van der Waals surface area contributed by atoms with Crippen molar-refractivity contribution in [3.63, 3.8) is 0 Å². The maximum Gasteiger partial charge on any atom is 0.158 e. The van der Waals surface area contributed by atoms with Crippen molar-refractivity contribution in [3.8, 4) is 0 Å². The lowest BCUT2D eigenvalue weighted by molar-refractivity contribution is 0.288. The average Bonchev–Trinajstić information content (AvgIpc) is 2.68. The molecule has 4 nitrogen and oxygen atoms in total. The molecular weight excluding hydrogens is 190 g/mol. The highest BCUT2D eigenvalue weighted by atomic mass is 16.2. The van der Waals surface area contributed by atoms with E-state index in [1.54, 1.807) is 0 Å². The molecule has 15 heavy (non-hydrogen) atoms. The van der Waals surface area contributed by atoms with E-state index in [0.717, 1.165) is 30.5 Å². The Morgan fingerprint density at radius 2 is 2.27 bits per heavy atom. The van der Waals surface area contributed by atoms with Crippen molar-refractivity contribution < 1.29 is 5.11 Å². The summed E-state index contributed by atoms with van der Waals surface area (Å²) in [5, 5.41) is 13.0. The van der Waals surface area contributed by atoms with Crippen molar-refractivity contribution in [1.29, 1.82) is 0 Å². The zero-order valence-corrected chi connectivity index (χ0v) is 8.85. The molecule has 0 saturated heterocycles. The van der Waals surface area contributed by atoms with Crippen LogP contribution in [0.1, 0.15) is 24.5 Å². The molecule has 0 radical (unpaired) electrons. The van der Waals surface area contributed by atoms with Crippen LogP contribution in [-0.2, 0) is 12.8 Å². The maximum atomic E-state index is 8.74. The highest BCUT2D eigenvalue weighted by Gasteiger charge is 2.03. The Kier molecular flexibility index (Phi) is 2.97. The Hall–Kier alpha value is -1.42. The zero-order valence-electron chi connectivity index (χ0n) is 8.85. The fourth-order valence-electron chi connectivity index (χ4n) is 1.62. The summed E-state index contributed by atoms with van der Waals surface area (Å²) in [7, 11) is 0. The summed E-state index contributed by atoms with van der Waals surface area (Å²) in [6, 6.07) is 0. The summed E-state index contributed by atoms with van der Waals surface area (Å²) in [6.45, 7) is 2.32. The number of hydrogen-bond donors (Lipinski definition) is 1. The fraction of sp³-hybridized carbons (Fsp3) is 0.455. The molecule has 0 spiro atoms. The topological polar surface area (TPSA) is 50.4 Å². The van der Waals surface area contributed by atoms with Crippen LogP contribution in [0.25, 0.3) is 5.65 Å². The number of hydrogen-bond acceptors (Lipinski definition) is 3. The maximum absolute atomic E-state index is 8.74. The predicted molar refractivity (Wildman–Crippen MR) is 57.8 cm³/mol.